The van der Waals surface area contributed by atoms with Gasteiger partial charge in [-0.1, -0.05) is 39.5 Å². The van der Waals surface area contributed by atoms with Crippen LogP contribution in [0.3, 0.4) is 0 Å². The molecule has 0 aromatic heterocycles. The van der Waals surface area contributed by atoms with Gasteiger partial charge in [0.1, 0.15) is 11.0 Å². The van der Waals surface area contributed by atoms with Crippen molar-refractivity contribution in [1.29, 1.82) is 0 Å². The molecule has 184 valence electrons. The molecular formula is C25H42O5S2. The predicted molar refractivity (Wildman–Crippen MR) is 130 cm³/mol. The van der Waals surface area contributed by atoms with E-state index in [1.54, 1.807) is 0 Å². The molecule has 0 radical (unpaired) electrons. The zero-order chi connectivity index (χ0) is 23.6. The number of Topliss-reactive ketones (excluding diaryl/α,β-unsaturated/α-hetero) is 2. The fourth-order valence-corrected chi connectivity index (χ4v) is 10.1. The third-order valence-corrected chi connectivity index (χ3v) is 12.3. The lowest BCUT2D eigenvalue weighted by Crippen LogP contribution is -2.42. The molecule has 5 nitrogen and oxygen atoms in total. The maximum atomic E-state index is 12.3. The Morgan fingerprint density at radius 3 is 2.03 bits per heavy atom. The number of rotatable bonds is 6. The molecule has 0 aromatic rings. The van der Waals surface area contributed by atoms with Crippen LogP contribution in [0.25, 0.3) is 0 Å². The maximum Gasteiger partial charge on any atom is 0.184 e. The van der Waals surface area contributed by atoms with E-state index in [2.05, 4.69) is 6.26 Å². The number of carbonyl (C=O) groups excluding carboxylic acids is 2. The molecule has 0 N–H and O–H groups in total. The molecule has 4 aliphatic rings. The van der Waals surface area contributed by atoms with E-state index in [9.17, 15) is 22.6 Å². The molecule has 0 aliphatic heterocycles. The van der Waals surface area contributed by atoms with Crippen molar-refractivity contribution in [3.05, 3.63) is 0 Å². The number of hydrogen-bond acceptors (Lipinski definition) is 5. The Labute approximate surface area is 198 Å². The highest BCUT2D eigenvalue weighted by Crippen LogP contribution is 2.64. The Morgan fingerprint density at radius 2 is 1.56 bits per heavy atom. The minimum atomic E-state index is -4.33. The first-order chi connectivity index (χ1) is 15.0. The lowest BCUT2D eigenvalue weighted by molar-refractivity contribution is -0.128. The Bertz CT molecular complexity index is 778. The smallest absolute Gasteiger partial charge is 0.184 e. The first-order valence-corrected chi connectivity index (χ1v) is 16.0. The van der Waals surface area contributed by atoms with E-state index in [0.29, 0.717) is 35.4 Å². The van der Waals surface area contributed by atoms with Crippen LogP contribution in [0.5, 0.6) is 0 Å². The van der Waals surface area contributed by atoms with Crippen molar-refractivity contribution in [2.24, 2.45) is 22.7 Å². The summed E-state index contributed by atoms with van der Waals surface area (Å²) in [4.78, 5) is 24.1. The summed E-state index contributed by atoms with van der Waals surface area (Å²) in [6.45, 7) is 3.83. The van der Waals surface area contributed by atoms with Gasteiger partial charge in [0.05, 0.1) is 22.1 Å². The SMILES string of the molecule is CC1(C)C2CCC1(CS(=O)(=O)[O-])C(=O)C2.C[S+](CC(=O)C1CCCCC1)C1CCCCC1. The molecule has 0 amide bonds. The second-order valence-electron chi connectivity index (χ2n) is 11.3. The molecule has 0 saturated heterocycles. The van der Waals surface area contributed by atoms with Crippen LogP contribution >= 0.6 is 0 Å². The minimum absolute atomic E-state index is 0.0248. The average molecular weight is 487 g/mol. The monoisotopic (exact) mass is 486 g/mol. The van der Waals surface area contributed by atoms with Gasteiger partial charge >= 0.3 is 0 Å². The first kappa shape index (κ1) is 26.2. The average Bonchev–Trinajstić information content (AvgIpc) is 3.08. The maximum absolute atomic E-state index is 12.3. The highest BCUT2D eigenvalue weighted by atomic mass is 32.2. The van der Waals surface area contributed by atoms with Gasteiger partial charge < -0.3 is 4.55 Å². The van der Waals surface area contributed by atoms with Crippen molar-refractivity contribution in [2.45, 2.75) is 103 Å². The third-order valence-electron chi connectivity index (χ3n) is 9.11. The summed E-state index contributed by atoms with van der Waals surface area (Å²) < 4.78 is 32.7. The molecule has 0 aromatic carbocycles. The number of ketones is 2. The quantitative estimate of drug-likeness (QED) is 0.403. The van der Waals surface area contributed by atoms with Crippen molar-refractivity contribution in [1.82, 2.24) is 0 Å². The number of hydrogen-bond donors (Lipinski definition) is 0. The largest absolute Gasteiger partial charge is 0.748 e. The van der Waals surface area contributed by atoms with E-state index in [4.69, 9.17) is 0 Å². The summed E-state index contributed by atoms with van der Waals surface area (Å²) in [5.41, 5.74) is -1.22. The molecule has 3 atom stereocenters. The van der Waals surface area contributed by atoms with Gasteiger partial charge in [-0.05, 0) is 73.6 Å². The van der Waals surface area contributed by atoms with Gasteiger partial charge in [-0.15, -0.1) is 0 Å². The van der Waals surface area contributed by atoms with Crippen molar-refractivity contribution < 1.29 is 22.6 Å². The summed E-state index contributed by atoms with van der Waals surface area (Å²) in [7, 11) is -3.96. The van der Waals surface area contributed by atoms with Gasteiger partial charge in [-0.3, -0.25) is 9.59 Å². The number of fused-ring (bicyclic) bond motifs is 2. The molecule has 2 bridgehead atoms. The molecule has 0 spiro atoms. The van der Waals surface area contributed by atoms with Crippen LogP contribution in [0, 0.1) is 22.7 Å². The van der Waals surface area contributed by atoms with Crippen LogP contribution in [-0.4, -0.2) is 47.5 Å². The van der Waals surface area contributed by atoms with Gasteiger partial charge in [0.2, 0.25) is 0 Å². The van der Waals surface area contributed by atoms with Crippen LogP contribution < -0.4 is 0 Å². The molecule has 4 aliphatic carbocycles. The van der Waals surface area contributed by atoms with Gasteiger partial charge in [0, 0.05) is 17.8 Å². The van der Waals surface area contributed by atoms with Gasteiger partial charge in [0.15, 0.2) is 11.5 Å². The third kappa shape index (κ3) is 5.80. The highest BCUT2D eigenvalue weighted by Gasteiger charge is 2.64. The normalized spacial score (nSPS) is 31.8. The van der Waals surface area contributed by atoms with Crippen LogP contribution in [0.15, 0.2) is 0 Å². The van der Waals surface area contributed by atoms with E-state index < -0.39 is 21.3 Å². The summed E-state index contributed by atoms with van der Waals surface area (Å²) in [5.74, 6) is 1.65. The van der Waals surface area contributed by atoms with Crippen molar-refractivity contribution in [3.8, 4) is 0 Å². The lowest BCUT2D eigenvalue weighted by Gasteiger charge is -2.37. The molecule has 32 heavy (non-hydrogen) atoms. The van der Waals surface area contributed by atoms with Gasteiger partial charge in [0.25, 0.3) is 0 Å². The van der Waals surface area contributed by atoms with Crippen molar-refractivity contribution in [3.63, 3.8) is 0 Å². The summed E-state index contributed by atoms with van der Waals surface area (Å²) in [6, 6.07) is 0. The fraction of sp³-hybridized carbons (Fsp3) is 0.920. The first-order valence-electron chi connectivity index (χ1n) is 12.6. The Balaban J connectivity index is 0.000000182. The molecule has 7 heteroatoms. The van der Waals surface area contributed by atoms with Crippen molar-refractivity contribution >= 4 is 32.6 Å². The van der Waals surface area contributed by atoms with E-state index in [-0.39, 0.29) is 17.1 Å². The molecular weight excluding hydrogens is 444 g/mol. The molecule has 4 saturated carbocycles. The zero-order valence-electron chi connectivity index (χ0n) is 20.2. The van der Waals surface area contributed by atoms with E-state index >= 15 is 0 Å². The molecule has 0 heterocycles. The Morgan fingerprint density at radius 1 is 1.00 bits per heavy atom. The van der Waals surface area contributed by atoms with Crippen molar-refractivity contribution in [2.75, 3.05) is 17.8 Å². The second kappa shape index (κ2) is 10.5. The summed E-state index contributed by atoms with van der Waals surface area (Å²) >= 11 is 0. The minimum Gasteiger partial charge on any atom is -0.748 e. The van der Waals surface area contributed by atoms with Gasteiger partial charge in [-0.25, -0.2) is 8.42 Å². The molecule has 4 fully saturated rings. The van der Waals surface area contributed by atoms with Gasteiger partial charge in [-0.2, -0.15) is 0 Å². The van der Waals surface area contributed by atoms with Crippen LogP contribution in [0.2, 0.25) is 0 Å². The van der Waals surface area contributed by atoms with E-state index in [0.717, 1.165) is 17.4 Å². The lowest BCUT2D eigenvalue weighted by atomic mass is 9.70. The highest BCUT2D eigenvalue weighted by molar-refractivity contribution is 7.97. The topological polar surface area (TPSA) is 91.3 Å². The second-order valence-corrected chi connectivity index (χ2v) is 15.0. The standard InChI is InChI=1S/C15H27OS.C10H16O4S/c1-17(14-10-6-3-7-11-14)12-15(16)13-8-4-2-5-9-13;1-9(2)7-3-4-10(9,8(11)5-7)6-15(12,13)14/h13-14H,2-12H2,1H3;7H,3-6H2,1-2H3,(H,12,13,14)/q+1;/p-1. The van der Waals surface area contributed by atoms with E-state index in [1.807, 2.05) is 13.8 Å². The fourth-order valence-electron chi connectivity index (χ4n) is 6.76. The summed E-state index contributed by atoms with van der Waals surface area (Å²) in [5, 5.41) is 0.872. The Kier molecular flexibility index (Phi) is 8.58. The van der Waals surface area contributed by atoms with Crippen LogP contribution in [-0.2, 0) is 30.6 Å². The van der Waals surface area contributed by atoms with Crippen LogP contribution in [0.4, 0.5) is 0 Å². The molecule has 3 unspecified atom stereocenters. The number of carbonyl (C=O) groups is 2. The molecule has 4 rings (SSSR count). The van der Waals surface area contributed by atoms with Crippen LogP contribution in [0.1, 0.15) is 97.3 Å². The Hall–Kier alpha value is -0.400. The zero-order valence-corrected chi connectivity index (χ0v) is 21.8. The van der Waals surface area contributed by atoms with E-state index in [1.165, 1.54) is 64.2 Å². The summed E-state index contributed by atoms with van der Waals surface area (Å²) in [6.07, 6.45) is 17.5. The predicted octanol–water partition coefficient (Wildman–Crippen LogP) is 4.64.